The zero-order chi connectivity index (χ0) is 11.7. The summed E-state index contributed by atoms with van der Waals surface area (Å²) < 4.78 is 2.07. The van der Waals surface area contributed by atoms with Gasteiger partial charge in [-0.3, -0.25) is 0 Å². The molecule has 0 spiro atoms. The van der Waals surface area contributed by atoms with Crippen molar-refractivity contribution >= 4 is 23.8 Å². The van der Waals surface area contributed by atoms with Gasteiger partial charge in [-0.25, -0.2) is 4.98 Å². The number of benzene rings is 1. The molecule has 1 aliphatic heterocycles. The molecule has 0 aliphatic carbocycles. The maximum Gasteiger partial charge on any atom is 0.127 e. The van der Waals surface area contributed by atoms with Gasteiger partial charge in [0, 0.05) is 32.5 Å². The third-order valence-electron chi connectivity index (χ3n) is 3.20. The van der Waals surface area contributed by atoms with Crippen LogP contribution in [0, 0.1) is 0 Å². The third-order valence-corrected chi connectivity index (χ3v) is 3.20. The van der Waals surface area contributed by atoms with Gasteiger partial charge in [-0.05, 0) is 12.1 Å². The summed E-state index contributed by atoms with van der Waals surface area (Å²) in [6.07, 6.45) is 3.84. The van der Waals surface area contributed by atoms with E-state index in [1.165, 1.54) is 11.4 Å². The van der Waals surface area contributed by atoms with Gasteiger partial charge < -0.3 is 14.8 Å². The predicted octanol–water partition coefficient (Wildman–Crippen LogP) is 2.27. The lowest BCUT2D eigenvalue weighted by Gasteiger charge is -2.31. The highest BCUT2D eigenvalue weighted by molar-refractivity contribution is 5.85. The Morgan fingerprint density at radius 3 is 2.94 bits per heavy atom. The summed E-state index contributed by atoms with van der Waals surface area (Å²) in [5, 5.41) is 3.42. The maximum atomic E-state index is 4.38. The van der Waals surface area contributed by atoms with Crippen molar-refractivity contribution < 1.29 is 0 Å². The Labute approximate surface area is 113 Å². The summed E-state index contributed by atoms with van der Waals surface area (Å²) in [5.41, 5.74) is 2.48. The number of hydrogen-bond acceptors (Lipinski definition) is 3. The van der Waals surface area contributed by atoms with Crippen molar-refractivity contribution in [2.75, 3.05) is 23.3 Å². The Morgan fingerprint density at radius 2 is 2.17 bits per heavy atom. The molecular formula is C13H17ClN4. The van der Waals surface area contributed by atoms with Crippen LogP contribution in [0.5, 0.6) is 0 Å². The molecule has 5 heteroatoms. The highest BCUT2D eigenvalue weighted by Crippen LogP contribution is 2.29. The van der Waals surface area contributed by atoms with Crippen LogP contribution in [0.1, 0.15) is 5.82 Å². The van der Waals surface area contributed by atoms with Crippen LogP contribution in [-0.4, -0.2) is 22.6 Å². The molecule has 0 saturated carbocycles. The average Bonchev–Trinajstić information content (AvgIpc) is 2.76. The van der Waals surface area contributed by atoms with Crippen LogP contribution in [0.15, 0.2) is 36.7 Å². The summed E-state index contributed by atoms with van der Waals surface area (Å²) in [5.74, 6) is 1.10. The minimum Gasteiger partial charge on any atom is -0.382 e. The standard InChI is InChI=1S/C13H16N4.ClH/c1-16-8-6-15-13(16)10-17-9-7-14-11-4-2-3-5-12(11)17;/h2-6,8,14H,7,9-10H2,1H3;1H. The van der Waals surface area contributed by atoms with Crippen LogP contribution in [0.25, 0.3) is 0 Å². The number of rotatable bonds is 2. The van der Waals surface area contributed by atoms with Gasteiger partial charge in [0.25, 0.3) is 0 Å². The van der Waals surface area contributed by atoms with E-state index >= 15 is 0 Å². The second kappa shape index (κ2) is 5.31. The minimum absolute atomic E-state index is 0. The third kappa shape index (κ3) is 2.29. The number of nitrogens with zero attached hydrogens (tertiary/aromatic N) is 3. The lowest BCUT2D eigenvalue weighted by molar-refractivity contribution is 0.712. The number of nitrogens with one attached hydrogen (secondary N) is 1. The fourth-order valence-electron chi connectivity index (χ4n) is 2.23. The fraction of sp³-hybridized carbons (Fsp3) is 0.308. The quantitative estimate of drug-likeness (QED) is 0.903. The second-order valence-corrected chi connectivity index (χ2v) is 4.32. The first-order chi connectivity index (χ1) is 8.34. The highest BCUT2D eigenvalue weighted by Gasteiger charge is 2.16. The summed E-state index contributed by atoms with van der Waals surface area (Å²) >= 11 is 0. The summed E-state index contributed by atoms with van der Waals surface area (Å²) in [6.45, 7) is 2.87. The lowest BCUT2D eigenvalue weighted by Crippen LogP contribution is -2.34. The Morgan fingerprint density at radius 1 is 1.33 bits per heavy atom. The molecule has 0 unspecified atom stereocenters. The molecule has 1 N–H and O–H groups in total. The second-order valence-electron chi connectivity index (χ2n) is 4.32. The van der Waals surface area contributed by atoms with Gasteiger partial charge in [-0.1, -0.05) is 12.1 Å². The van der Waals surface area contributed by atoms with Crippen molar-refractivity contribution in [1.29, 1.82) is 0 Å². The lowest BCUT2D eigenvalue weighted by atomic mass is 10.2. The van der Waals surface area contributed by atoms with Crippen molar-refractivity contribution in [1.82, 2.24) is 9.55 Å². The molecule has 2 aromatic rings. The Kier molecular flexibility index (Phi) is 3.77. The Hall–Kier alpha value is -1.68. The van der Waals surface area contributed by atoms with E-state index in [2.05, 4.69) is 44.0 Å². The van der Waals surface area contributed by atoms with Crippen LogP contribution in [0.3, 0.4) is 0 Å². The van der Waals surface area contributed by atoms with Gasteiger partial charge in [0.2, 0.25) is 0 Å². The molecule has 0 saturated heterocycles. The summed E-state index contributed by atoms with van der Waals surface area (Å²) in [4.78, 5) is 6.75. The molecule has 0 bridgehead atoms. The number of anilines is 2. The van der Waals surface area contributed by atoms with Crippen LogP contribution in [-0.2, 0) is 13.6 Å². The highest BCUT2D eigenvalue weighted by atomic mass is 35.5. The van der Waals surface area contributed by atoms with Crippen LogP contribution in [0.4, 0.5) is 11.4 Å². The molecular weight excluding hydrogens is 248 g/mol. The van der Waals surface area contributed by atoms with Crippen molar-refractivity contribution in [3.63, 3.8) is 0 Å². The smallest absolute Gasteiger partial charge is 0.127 e. The van der Waals surface area contributed by atoms with Crippen molar-refractivity contribution in [3.05, 3.63) is 42.5 Å². The van der Waals surface area contributed by atoms with Crippen LogP contribution >= 0.6 is 12.4 Å². The van der Waals surface area contributed by atoms with Crippen molar-refractivity contribution in [2.45, 2.75) is 6.54 Å². The van der Waals surface area contributed by atoms with E-state index in [4.69, 9.17) is 0 Å². The van der Waals surface area contributed by atoms with E-state index in [1.807, 2.05) is 19.4 Å². The first-order valence-electron chi connectivity index (χ1n) is 5.88. The van der Waals surface area contributed by atoms with Crippen LogP contribution < -0.4 is 10.2 Å². The molecule has 0 radical (unpaired) electrons. The molecule has 2 heterocycles. The normalized spacial score (nSPS) is 13.5. The Bertz CT molecular complexity index is 523. The average molecular weight is 265 g/mol. The maximum absolute atomic E-state index is 4.38. The van der Waals surface area contributed by atoms with Gasteiger partial charge in [-0.15, -0.1) is 12.4 Å². The van der Waals surface area contributed by atoms with Gasteiger partial charge >= 0.3 is 0 Å². The molecule has 0 fully saturated rings. The number of fused-ring (bicyclic) bond motifs is 1. The van der Waals surface area contributed by atoms with E-state index < -0.39 is 0 Å². The van der Waals surface area contributed by atoms with Crippen molar-refractivity contribution in [2.24, 2.45) is 7.05 Å². The number of hydrogen-bond donors (Lipinski definition) is 1. The zero-order valence-corrected chi connectivity index (χ0v) is 11.2. The Balaban J connectivity index is 0.00000120. The molecule has 1 aromatic carbocycles. The number of halogens is 1. The molecule has 4 nitrogen and oxygen atoms in total. The number of aromatic nitrogens is 2. The molecule has 0 atom stereocenters. The largest absolute Gasteiger partial charge is 0.382 e. The first kappa shape index (κ1) is 12.8. The van der Waals surface area contributed by atoms with Gasteiger partial charge in [0.05, 0.1) is 17.9 Å². The van der Waals surface area contributed by atoms with Crippen molar-refractivity contribution in [3.8, 4) is 0 Å². The first-order valence-corrected chi connectivity index (χ1v) is 5.88. The molecule has 96 valence electrons. The SMILES string of the molecule is Cl.Cn1ccnc1CN1CCNc2ccccc21. The van der Waals surface area contributed by atoms with Gasteiger partial charge in [0.1, 0.15) is 5.82 Å². The van der Waals surface area contributed by atoms with E-state index in [1.54, 1.807) is 0 Å². The van der Waals surface area contributed by atoms with E-state index in [0.29, 0.717) is 0 Å². The van der Waals surface area contributed by atoms with Crippen LogP contribution in [0.2, 0.25) is 0 Å². The zero-order valence-electron chi connectivity index (χ0n) is 10.3. The van der Waals surface area contributed by atoms with Gasteiger partial charge in [-0.2, -0.15) is 0 Å². The summed E-state index contributed by atoms with van der Waals surface area (Å²) in [7, 11) is 2.04. The summed E-state index contributed by atoms with van der Waals surface area (Å²) in [6, 6.07) is 8.43. The van der Waals surface area contributed by atoms with E-state index in [9.17, 15) is 0 Å². The molecule has 3 rings (SSSR count). The molecule has 1 aromatic heterocycles. The number of para-hydroxylation sites is 2. The topological polar surface area (TPSA) is 33.1 Å². The fourth-order valence-corrected chi connectivity index (χ4v) is 2.23. The predicted molar refractivity (Wildman–Crippen MR) is 76.4 cm³/mol. The molecule has 0 amide bonds. The van der Waals surface area contributed by atoms with E-state index in [-0.39, 0.29) is 12.4 Å². The van der Waals surface area contributed by atoms with E-state index in [0.717, 1.165) is 25.5 Å². The number of imidazole rings is 1. The minimum atomic E-state index is 0. The number of aryl methyl sites for hydroxylation is 1. The molecule has 18 heavy (non-hydrogen) atoms. The molecule has 1 aliphatic rings. The monoisotopic (exact) mass is 264 g/mol. The van der Waals surface area contributed by atoms with Gasteiger partial charge in [0.15, 0.2) is 0 Å².